The smallest absolute Gasteiger partial charge is 0.259 e. The number of hydrogen-bond acceptors (Lipinski definition) is 3. The van der Waals surface area contributed by atoms with Crippen molar-refractivity contribution in [2.75, 3.05) is 18.0 Å². The van der Waals surface area contributed by atoms with Crippen LogP contribution in [0.5, 0.6) is 0 Å². The number of benzene rings is 2. The summed E-state index contributed by atoms with van der Waals surface area (Å²) in [4.78, 5) is 29.7. The number of carbonyl (C=O) groups is 2. The number of amides is 2. The fraction of sp³-hybridized carbons (Fsp3) is 0.455. The summed E-state index contributed by atoms with van der Waals surface area (Å²) in [6.07, 6.45) is 3.48. The van der Waals surface area contributed by atoms with Crippen LogP contribution in [0.25, 0.3) is 10.8 Å². The molecule has 2 fully saturated rings. The minimum Gasteiger partial charge on any atom is -0.390 e. The van der Waals surface area contributed by atoms with E-state index in [1.807, 2.05) is 48.2 Å². The standard InChI is InChI=1S/C22H24N2O3/c1-14(20(25)23-12-8-16(9-13-23)22(27)10-11-22)24-18-7-3-5-15-4-2-6-17(19(15)18)21(24)26/h2-7,14,16,27H,8-13H2,1H3/t14-/m0/s1. The summed E-state index contributed by atoms with van der Waals surface area (Å²) in [5, 5.41) is 12.3. The second-order valence-electron chi connectivity index (χ2n) is 8.24. The van der Waals surface area contributed by atoms with E-state index in [-0.39, 0.29) is 11.8 Å². The Hall–Kier alpha value is -2.40. The predicted molar refractivity (Wildman–Crippen MR) is 104 cm³/mol. The van der Waals surface area contributed by atoms with Gasteiger partial charge in [-0.25, -0.2) is 0 Å². The van der Waals surface area contributed by atoms with Gasteiger partial charge in [-0.1, -0.05) is 24.3 Å². The number of likely N-dealkylation sites (tertiary alicyclic amines) is 1. The minimum atomic E-state index is -0.531. The maximum Gasteiger partial charge on any atom is 0.259 e. The van der Waals surface area contributed by atoms with E-state index in [1.54, 1.807) is 4.90 Å². The Labute approximate surface area is 158 Å². The topological polar surface area (TPSA) is 60.9 Å². The van der Waals surface area contributed by atoms with Crippen LogP contribution < -0.4 is 4.90 Å². The molecule has 5 heteroatoms. The Morgan fingerprint density at radius 1 is 1.15 bits per heavy atom. The Kier molecular flexibility index (Phi) is 3.60. The average Bonchev–Trinajstić information content (AvgIpc) is 3.39. The summed E-state index contributed by atoms with van der Waals surface area (Å²) < 4.78 is 0. The van der Waals surface area contributed by atoms with Gasteiger partial charge >= 0.3 is 0 Å². The molecule has 1 saturated heterocycles. The molecule has 1 N–H and O–H groups in total. The zero-order chi connectivity index (χ0) is 18.8. The first kappa shape index (κ1) is 16.8. The van der Waals surface area contributed by atoms with E-state index in [0.29, 0.717) is 24.6 Å². The molecule has 2 heterocycles. The Balaban J connectivity index is 1.37. The highest BCUT2D eigenvalue weighted by molar-refractivity contribution is 6.26. The lowest BCUT2D eigenvalue weighted by atomic mass is 9.89. The molecule has 2 amide bonds. The molecule has 27 heavy (non-hydrogen) atoms. The van der Waals surface area contributed by atoms with E-state index >= 15 is 0 Å². The predicted octanol–water partition coefficient (Wildman–Crippen LogP) is 2.95. The molecule has 0 bridgehead atoms. The van der Waals surface area contributed by atoms with Crippen molar-refractivity contribution in [1.82, 2.24) is 4.90 Å². The molecule has 0 aromatic heterocycles. The van der Waals surface area contributed by atoms with Crippen molar-refractivity contribution in [1.29, 1.82) is 0 Å². The van der Waals surface area contributed by atoms with Crippen molar-refractivity contribution in [3.8, 4) is 0 Å². The lowest BCUT2D eigenvalue weighted by Crippen LogP contribution is -2.51. The molecular weight excluding hydrogens is 340 g/mol. The molecule has 3 aliphatic rings. The first-order valence-corrected chi connectivity index (χ1v) is 9.86. The third kappa shape index (κ3) is 2.48. The maximum atomic E-state index is 13.1. The molecule has 0 radical (unpaired) electrons. The molecule has 2 aromatic rings. The van der Waals surface area contributed by atoms with E-state index in [9.17, 15) is 14.7 Å². The van der Waals surface area contributed by atoms with E-state index in [0.717, 1.165) is 42.1 Å². The fourth-order valence-corrected chi connectivity index (χ4v) is 4.87. The molecule has 2 aliphatic heterocycles. The Morgan fingerprint density at radius 2 is 1.81 bits per heavy atom. The van der Waals surface area contributed by atoms with Crippen LogP contribution in [-0.2, 0) is 4.79 Å². The largest absolute Gasteiger partial charge is 0.390 e. The highest BCUT2D eigenvalue weighted by Crippen LogP contribution is 2.46. The number of aliphatic hydroxyl groups is 1. The number of piperidine rings is 1. The van der Waals surface area contributed by atoms with Crippen molar-refractivity contribution in [2.24, 2.45) is 5.92 Å². The van der Waals surface area contributed by atoms with Crippen LogP contribution in [-0.4, -0.2) is 46.6 Å². The van der Waals surface area contributed by atoms with Gasteiger partial charge in [0.05, 0.1) is 11.3 Å². The molecular formula is C22H24N2O3. The first-order chi connectivity index (χ1) is 13.0. The molecule has 0 spiro atoms. The highest BCUT2D eigenvalue weighted by atomic mass is 16.3. The summed E-state index contributed by atoms with van der Waals surface area (Å²) in [5.74, 6) is 0.211. The summed E-state index contributed by atoms with van der Waals surface area (Å²) in [7, 11) is 0. The molecule has 2 aromatic carbocycles. The van der Waals surface area contributed by atoms with Gasteiger partial charge in [-0.15, -0.1) is 0 Å². The zero-order valence-corrected chi connectivity index (χ0v) is 15.5. The molecule has 140 valence electrons. The summed E-state index contributed by atoms with van der Waals surface area (Å²) in [6.45, 7) is 3.15. The third-order valence-electron chi connectivity index (χ3n) is 6.66. The highest BCUT2D eigenvalue weighted by Gasteiger charge is 2.48. The minimum absolute atomic E-state index is 0.00519. The second kappa shape index (κ2) is 5.80. The van der Waals surface area contributed by atoms with Crippen LogP contribution in [0.4, 0.5) is 5.69 Å². The van der Waals surface area contributed by atoms with Crippen LogP contribution >= 0.6 is 0 Å². The van der Waals surface area contributed by atoms with Gasteiger partial charge in [-0.2, -0.15) is 0 Å². The monoisotopic (exact) mass is 364 g/mol. The van der Waals surface area contributed by atoms with Gasteiger partial charge in [0.2, 0.25) is 5.91 Å². The lowest BCUT2D eigenvalue weighted by molar-refractivity contribution is -0.134. The van der Waals surface area contributed by atoms with Crippen LogP contribution in [0.15, 0.2) is 36.4 Å². The zero-order valence-electron chi connectivity index (χ0n) is 15.5. The third-order valence-corrected chi connectivity index (χ3v) is 6.66. The molecule has 1 saturated carbocycles. The van der Waals surface area contributed by atoms with E-state index in [2.05, 4.69) is 0 Å². The number of carbonyl (C=O) groups excluding carboxylic acids is 2. The maximum absolute atomic E-state index is 13.1. The van der Waals surface area contributed by atoms with E-state index in [1.165, 1.54) is 0 Å². The Bertz CT molecular complexity index is 936. The summed E-state index contributed by atoms with van der Waals surface area (Å²) in [6, 6.07) is 11.1. The molecule has 5 rings (SSSR count). The molecule has 1 atom stereocenters. The van der Waals surface area contributed by atoms with E-state index in [4.69, 9.17) is 0 Å². The Morgan fingerprint density at radius 3 is 2.48 bits per heavy atom. The number of hydrogen-bond donors (Lipinski definition) is 1. The SMILES string of the molecule is C[C@@H](C(=O)N1CCC(C2(O)CC2)CC1)N1C(=O)c2cccc3cccc1c23. The molecule has 0 unspecified atom stereocenters. The van der Waals surface area contributed by atoms with Crippen LogP contribution in [0.3, 0.4) is 0 Å². The fourth-order valence-electron chi connectivity index (χ4n) is 4.87. The molecule has 5 nitrogen and oxygen atoms in total. The first-order valence-electron chi connectivity index (χ1n) is 9.86. The quantitative estimate of drug-likeness (QED) is 0.911. The van der Waals surface area contributed by atoms with Gasteiger partial charge in [-0.3, -0.25) is 14.5 Å². The van der Waals surface area contributed by atoms with Crippen molar-refractivity contribution in [3.05, 3.63) is 42.0 Å². The number of anilines is 1. The van der Waals surface area contributed by atoms with Gasteiger partial charge in [0.1, 0.15) is 6.04 Å². The normalized spacial score (nSPS) is 22.4. The summed E-state index contributed by atoms with van der Waals surface area (Å²) in [5.41, 5.74) is 1.04. The van der Waals surface area contributed by atoms with Gasteiger partial charge in [-0.05, 0) is 56.0 Å². The van der Waals surface area contributed by atoms with Crippen molar-refractivity contribution in [3.63, 3.8) is 0 Å². The van der Waals surface area contributed by atoms with Crippen molar-refractivity contribution < 1.29 is 14.7 Å². The van der Waals surface area contributed by atoms with Gasteiger partial charge < -0.3 is 10.0 Å². The second-order valence-corrected chi connectivity index (χ2v) is 8.24. The van der Waals surface area contributed by atoms with Gasteiger partial charge in [0, 0.05) is 24.0 Å². The number of rotatable bonds is 3. The molecule has 1 aliphatic carbocycles. The van der Waals surface area contributed by atoms with E-state index < -0.39 is 11.6 Å². The van der Waals surface area contributed by atoms with Crippen LogP contribution in [0, 0.1) is 5.92 Å². The van der Waals surface area contributed by atoms with Gasteiger partial charge in [0.15, 0.2) is 0 Å². The van der Waals surface area contributed by atoms with Crippen LogP contribution in [0.2, 0.25) is 0 Å². The van der Waals surface area contributed by atoms with Crippen molar-refractivity contribution >= 4 is 28.3 Å². The average molecular weight is 364 g/mol. The number of nitrogens with zero attached hydrogens (tertiary/aromatic N) is 2. The lowest BCUT2D eigenvalue weighted by Gasteiger charge is -2.37. The van der Waals surface area contributed by atoms with Crippen LogP contribution in [0.1, 0.15) is 43.0 Å². The van der Waals surface area contributed by atoms with Gasteiger partial charge in [0.25, 0.3) is 5.91 Å². The summed E-state index contributed by atoms with van der Waals surface area (Å²) >= 11 is 0. The van der Waals surface area contributed by atoms with Crippen molar-refractivity contribution in [2.45, 2.75) is 44.2 Å².